The Morgan fingerprint density at radius 2 is 2.12 bits per heavy atom. The van der Waals surface area contributed by atoms with Crippen LogP contribution in [0, 0.1) is 0 Å². The Labute approximate surface area is 97.4 Å². The number of nitrogens with zero attached hydrogens (tertiary/aromatic N) is 3. The minimum absolute atomic E-state index is 0.0844. The Morgan fingerprint density at radius 3 is 2.65 bits per heavy atom. The zero-order chi connectivity index (χ0) is 12.3. The van der Waals surface area contributed by atoms with Crippen LogP contribution in [0.1, 0.15) is 17.4 Å². The zero-order valence-electron chi connectivity index (χ0n) is 9.20. The van der Waals surface area contributed by atoms with Crippen LogP contribution in [-0.2, 0) is 0 Å². The van der Waals surface area contributed by atoms with Gasteiger partial charge in [-0.15, -0.1) is 5.10 Å². The molecule has 0 aliphatic carbocycles. The first kappa shape index (κ1) is 11.1. The first-order valence-electron chi connectivity index (χ1n) is 5.09. The lowest BCUT2D eigenvalue weighted by molar-refractivity contribution is 0.0690. The molecular weight excluding hydrogens is 222 g/mol. The van der Waals surface area contributed by atoms with Gasteiger partial charge in [-0.25, -0.2) is 9.48 Å². The van der Waals surface area contributed by atoms with E-state index in [9.17, 15) is 4.79 Å². The van der Waals surface area contributed by atoms with Crippen LogP contribution in [0.25, 0.3) is 5.69 Å². The number of carbonyl (C=O) groups is 1. The summed E-state index contributed by atoms with van der Waals surface area (Å²) in [4.78, 5) is 10.6. The first-order valence-corrected chi connectivity index (χ1v) is 5.09. The van der Waals surface area contributed by atoms with Crippen LogP contribution in [0.3, 0.4) is 0 Å². The molecule has 88 valence electrons. The third-order valence-corrected chi connectivity index (χ3v) is 2.12. The first-order chi connectivity index (χ1) is 8.20. The molecule has 0 saturated carbocycles. The van der Waals surface area contributed by atoms with Gasteiger partial charge in [-0.1, -0.05) is 5.21 Å². The van der Waals surface area contributed by atoms with Crippen LogP contribution < -0.4 is 4.74 Å². The van der Waals surface area contributed by atoms with Gasteiger partial charge in [0, 0.05) is 0 Å². The second-order valence-electron chi connectivity index (χ2n) is 3.28. The molecule has 0 radical (unpaired) electrons. The molecule has 1 aromatic carbocycles. The monoisotopic (exact) mass is 233 g/mol. The number of hydrogen-bond donors (Lipinski definition) is 1. The number of aromatic nitrogens is 3. The molecule has 0 amide bonds. The molecule has 0 bridgehead atoms. The molecular formula is C11H11N3O3. The highest BCUT2D eigenvalue weighted by molar-refractivity contribution is 5.84. The van der Waals surface area contributed by atoms with Gasteiger partial charge in [0.1, 0.15) is 5.75 Å². The number of aromatic carboxylic acids is 1. The molecule has 6 heteroatoms. The molecule has 0 aliphatic rings. The highest BCUT2D eigenvalue weighted by atomic mass is 16.5. The van der Waals surface area contributed by atoms with Crippen LogP contribution in [-0.4, -0.2) is 32.7 Å². The molecule has 2 rings (SSSR count). The summed E-state index contributed by atoms with van der Waals surface area (Å²) in [7, 11) is 0. The molecule has 1 N–H and O–H groups in total. The van der Waals surface area contributed by atoms with Crippen molar-refractivity contribution in [2.75, 3.05) is 6.61 Å². The van der Waals surface area contributed by atoms with Crippen LogP contribution in [0.15, 0.2) is 30.5 Å². The van der Waals surface area contributed by atoms with Crippen LogP contribution >= 0.6 is 0 Å². The summed E-state index contributed by atoms with van der Waals surface area (Å²) in [6, 6.07) is 7.15. The highest BCUT2D eigenvalue weighted by Crippen LogP contribution is 2.14. The van der Waals surface area contributed by atoms with Gasteiger partial charge in [-0.3, -0.25) is 0 Å². The summed E-state index contributed by atoms with van der Waals surface area (Å²) in [6.07, 6.45) is 1.36. The minimum Gasteiger partial charge on any atom is -0.494 e. The summed E-state index contributed by atoms with van der Waals surface area (Å²) in [5.74, 6) is -0.336. The van der Waals surface area contributed by atoms with E-state index in [0.717, 1.165) is 11.4 Å². The SMILES string of the molecule is CCOc1ccc(-n2cc(C(=O)O)nn2)cc1. The van der Waals surface area contributed by atoms with E-state index in [0.29, 0.717) is 6.61 Å². The molecule has 2 aromatic rings. The van der Waals surface area contributed by atoms with Crippen molar-refractivity contribution in [3.8, 4) is 11.4 Å². The van der Waals surface area contributed by atoms with Crippen molar-refractivity contribution >= 4 is 5.97 Å². The van der Waals surface area contributed by atoms with Crippen LogP contribution in [0.2, 0.25) is 0 Å². The van der Waals surface area contributed by atoms with Gasteiger partial charge in [0.2, 0.25) is 0 Å². The zero-order valence-corrected chi connectivity index (χ0v) is 9.20. The summed E-state index contributed by atoms with van der Waals surface area (Å²) >= 11 is 0. The van der Waals surface area contributed by atoms with Crippen molar-refractivity contribution in [2.24, 2.45) is 0 Å². The second kappa shape index (κ2) is 4.65. The number of carboxylic acids is 1. The summed E-state index contributed by atoms with van der Waals surface area (Å²) < 4.78 is 6.70. The van der Waals surface area contributed by atoms with Crippen molar-refractivity contribution < 1.29 is 14.6 Å². The lowest BCUT2D eigenvalue weighted by atomic mass is 10.3. The fourth-order valence-corrected chi connectivity index (χ4v) is 1.35. The maximum absolute atomic E-state index is 10.6. The average Bonchev–Trinajstić information content (AvgIpc) is 2.80. The van der Waals surface area contributed by atoms with Crippen molar-refractivity contribution in [3.63, 3.8) is 0 Å². The summed E-state index contributed by atoms with van der Waals surface area (Å²) in [6.45, 7) is 2.51. The molecule has 1 heterocycles. The Kier molecular flexibility index (Phi) is 3.04. The lowest BCUT2D eigenvalue weighted by Crippen LogP contribution is -1.96. The highest BCUT2D eigenvalue weighted by Gasteiger charge is 2.08. The normalized spacial score (nSPS) is 10.2. The van der Waals surface area contributed by atoms with Crippen LogP contribution in [0.5, 0.6) is 5.75 Å². The summed E-state index contributed by atoms with van der Waals surface area (Å²) in [5, 5.41) is 16.0. The number of carboxylic acid groups (broad SMARTS) is 1. The molecule has 0 atom stereocenters. The molecule has 0 fully saturated rings. The van der Waals surface area contributed by atoms with E-state index in [2.05, 4.69) is 10.3 Å². The van der Waals surface area contributed by atoms with Gasteiger partial charge >= 0.3 is 5.97 Å². The van der Waals surface area contributed by atoms with Gasteiger partial charge in [-0.05, 0) is 31.2 Å². The summed E-state index contributed by atoms with van der Waals surface area (Å²) in [5.41, 5.74) is 0.646. The number of rotatable bonds is 4. The Balaban J connectivity index is 2.23. The average molecular weight is 233 g/mol. The molecule has 0 aliphatic heterocycles. The van der Waals surface area contributed by atoms with Gasteiger partial charge in [0.15, 0.2) is 5.69 Å². The predicted octanol–water partition coefficient (Wildman–Crippen LogP) is 1.36. The van der Waals surface area contributed by atoms with Gasteiger partial charge in [0.05, 0.1) is 18.5 Å². The van der Waals surface area contributed by atoms with E-state index >= 15 is 0 Å². The quantitative estimate of drug-likeness (QED) is 0.862. The van der Waals surface area contributed by atoms with Crippen LogP contribution in [0.4, 0.5) is 0 Å². The molecule has 17 heavy (non-hydrogen) atoms. The van der Waals surface area contributed by atoms with E-state index in [-0.39, 0.29) is 5.69 Å². The Morgan fingerprint density at radius 1 is 1.41 bits per heavy atom. The lowest BCUT2D eigenvalue weighted by Gasteiger charge is -2.03. The number of hydrogen-bond acceptors (Lipinski definition) is 4. The van der Waals surface area contributed by atoms with E-state index in [1.807, 2.05) is 6.92 Å². The predicted molar refractivity (Wildman–Crippen MR) is 59.5 cm³/mol. The van der Waals surface area contributed by atoms with E-state index in [1.165, 1.54) is 10.9 Å². The fraction of sp³-hybridized carbons (Fsp3) is 0.182. The standard InChI is InChI=1S/C11H11N3O3/c1-2-17-9-5-3-8(4-6-9)14-7-10(11(15)16)12-13-14/h3-7H,2H2,1H3,(H,15,16). The Bertz CT molecular complexity index is 519. The molecule has 0 saturated heterocycles. The largest absolute Gasteiger partial charge is 0.494 e. The van der Waals surface area contributed by atoms with Crippen molar-refractivity contribution in [3.05, 3.63) is 36.2 Å². The maximum atomic E-state index is 10.6. The third-order valence-electron chi connectivity index (χ3n) is 2.12. The second-order valence-corrected chi connectivity index (χ2v) is 3.28. The van der Waals surface area contributed by atoms with Crippen molar-refractivity contribution in [2.45, 2.75) is 6.92 Å². The van der Waals surface area contributed by atoms with Gasteiger partial charge < -0.3 is 9.84 Å². The smallest absolute Gasteiger partial charge is 0.358 e. The van der Waals surface area contributed by atoms with E-state index < -0.39 is 5.97 Å². The van der Waals surface area contributed by atoms with Crippen molar-refractivity contribution in [1.29, 1.82) is 0 Å². The fourth-order valence-electron chi connectivity index (χ4n) is 1.35. The molecule has 0 unspecified atom stereocenters. The molecule has 0 spiro atoms. The Hall–Kier alpha value is -2.37. The van der Waals surface area contributed by atoms with Gasteiger partial charge in [0.25, 0.3) is 0 Å². The maximum Gasteiger partial charge on any atom is 0.358 e. The third kappa shape index (κ3) is 2.41. The topological polar surface area (TPSA) is 77.2 Å². The number of benzene rings is 1. The van der Waals surface area contributed by atoms with Gasteiger partial charge in [-0.2, -0.15) is 0 Å². The molecule has 6 nitrogen and oxygen atoms in total. The van der Waals surface area contributed by atoms with Crippen molar-refractivity contribution in [1.82, 2.24) is 15.0 Å². The van der Waals surface area contributed by atoms with E-state index in [1.54, 1.807) is 24.3 Å². The number of ether oxygens (including phenoxy) is 1. The minimum atomic E-state index is -1.10. The van der Waals surface area contributed by atoms with E-state index in [4.69, 9.17) is 9.84 Å². The molecule has 1 aromatic heterocycles.